The largest absolute Gasteiger partial charge is 0.271 e. The lowest BCUT2D eigenvalue weighted by molar-refractivity contribution is 0.528. The molecule has 104 valence electrons. The zero-order valence-electron chi connectivity index (χ0n) is 11.4. The van der Waals surface area contributed by atoms with E-state index in [2.05, 4.69) is 51.1 Å². The minimum Gasteiger partial charge on any atom is -0.271 e. The molecule has 0 aliphatic rings. The molecule has 0 aliphatic heterocycles. The fraction of sp³-hybridized carbons (Fsp3) is 0.462. The molecule has 0 saturated heterocycles. The average Bonchev–Trinajstić information content (AvgIpc) is 2.93. The minimum absolute atomic E-state index is 0.114. The van der Waals surface area contributed by atoms with Crippen molar-refractivity contribution in [3.8, 4) is 0 Å². The van der Waals surface area contributed by atoms with Gasteiger partial charge in [0.2, 0.25) is 0 Å². The second kappa shape index (κ2) is 6.17. The number of hydrogen-bond donors (Lipinski definition) is 2. The summed E-state index contributed by atoms with van der Waals surface area (Å²) in [5, 5.41) is 8.83. The quantitative estimate of drug-likeness (QED) is 0.648. The first kappa shape index (κ1) is 14.7. The Balaban J connectivity index is 2.29. The summed E-state index contributed by atoms with van der Waals surface area (Å²) in [6.45, 7) is 4.23. The maximum atomic E-state index is 5.73. The highest BCUT2D eigenvalue weighted by atomic mass is 79.9. The van der Waals surface area contributed by atoms with Gasteiger partial charge in [-0.3, -0.25) is 16.0 Å². The van der Waals surface area contributed by atoms with Gasteiger partial charge in [-0.25, -0.2) is 0 Å². The molecule has 0 bridgehead atoms. The Bertz CT molecular complexity index is 561. The van der Waals surface area contributed by atoms with Gasteiger partial charge in [-0.2, -0.15) is 16.4 Å². The molecule has 2 aromatic rings. The van der Waals surface area contributed by atoms with Crippen LogP contribution in [-0.4, -0.2) is 9.78 Å². The molecule has 0 saturated carbocycles. The van der Waals surface area contributed by atoms with E-state index >= 15 is 0 Å². The van der Waals surface area contributed by atoms with E-state index in [9.17, 15) is 0 Å². The Morgan fingerprint density at radius 1 is 1.53 bits per heavy atom. The first-order valence-corrected chi connectivity index (χ1v) is 8.01. The third-order valence-electron chi connectivity index (χ3n) is 3.37. The predicted molar refractivity (Wildman–Crippen MR) is 83.1 cm³/mol. The average molecular weight is 343 g/mol. The summed E-state index contributed by atoms with van der Waals surface area (Å²) in [5.74, 6) is 5.73. The molecule has 1 unspecified atom stereocenters. The predicted octanol–water partition coefficient (Wildman–Crippen LogP) is 2.86. The molecule has 2 rings (SSSR count). The summed E-state index contributed by atoms with van der Waals surface area (Å²) >= 11 is 5.36. The number of halogens is 1. The van der Waals surface area contributed by atoms with E-state index in [1.54, 1.807) is 11.3 Å². The van der Waals surface area contributed by atoms with Crippen LogP contribution in [0.25, 0.3) is 0 Å². The van der Waals surface area contributed by atoms with Gasteiger partial charge >= 0.3 is 0 Å². The molecule has 0 radical (unpaired) electrons. The maximum Gasteiger partial charge on any atom is 0.0766 e. The third kappa shape index (κ3) is 2.91. The molecule has 19 heavy (non-hydrogen) atoms. The number of thiophene rings is 1. The molecular formula is C13H19BrN4S. The number of aromatic nitrogens is 2. The van der Waals surface area contributed by atoms with Crippen molar-refractivity contribution in [1.82, 2.24) is 15.2 Å². The molecule has 0 amide bonds. The van der Waals surface area contributed by atoms with Gasteiger partial charge in [0.25, 0.3) is 0 Å². The molecular weight excluding hydrogens is 324 g/mol. The van der Waals surface area contributed by atoms with Crippen molar-refractivity contribution in [1.29, 1.82) is 0 Å². The van der Waals surface area contributed by atoms with Crippen LogP contribution in [0.3, 0.4) is 0 Å². The standard InChI is InChI=1S/C13H19BrN4S/c1-4-10-13(14)12(18(3)17-10)5-11(16-15)9-7-19-6-8(9)2/h6-7,11,16H,4-5,15H2,1-3H3. The first-order valence-electron chi connectivity index (χ1n) is 6.27. The fourth-order valence-electron chi connectivity index (χ4n) is 2.22. The summed E-state index contributed by atoms with van der Waals surface area (Å²) < 4.78 is 3.04. The van der Waals surface area contributed by atoms with Gasteiger partial charge in [-0.05, 0) is 51.2 Å². The van der Waals surface area contributed by atoms with Crippen LogP contribution in [0, 0.1) is 6.92 Å². The van der Waals surface area contributed by atoms with Crippen molar-refractivity contribution in [2.24, 2.45) is 12.9 Å². The SMILES string of the molecule is CCc1nn(C)c(CC(NN)c2cscc2C)c1Br. The van der Waals surface area contributed by atoms with E-state index in [0.29, 0.717) is 0 Å². The number of nitrogens with zero attached hydrogens (tertiary/aromatic N) is 2. The number of nitrogens with one attached hydrogen (secondary N) is 1. The fourth-order valence-corrected chi connectivity index (χ4v) is 3.90. The third-order valence-corrected chi connectivity index (χ3v) is 5.17. The lowest BCUT2D eigenvalue weighted by Crippen LogP contribution is -2.30. The lowest BCUT2D eigenvalue weighted by Gasteiger charge is -2.16. The normalized spacial score (nSPS) is 12.9. The van der Waals surface area contributed by atoms with Crippen molar-refractivity contribution < 1.29 is 0 Å². The summed E-state index contributed by atoms with van der Waals surface area (Å²) in [7, 11) is 1.98. The van der Waals surface area contributed by atoms with E-state index in [1.807, 2.05) is 11.7 Å². The van der Waals surface area contributed by atoms with Crippen molar-refractivity contribution in [3.63, 3.8) is 0 Å². The zero-order chi connectivity index (χ0) is 14.0. The van der Waals surface area contributed by atoms with Crippen molar-refractivity contribution in [2.75, 3.05) is 0 Å². The van der Waals surface area contributed by atoms with Crippen molar-refractivity contribution >= 4 is 27.3 Å². The van der Waals surface area contributed by atoms with Crippen molar-refractivity contribution in [2.45, 2.75) is 32.7 Å². The maximum absolute atomic E-state index is 5.73. The Morgan fingerprint density at radius 3 is 2.74 bits per heavy atom. The Kier molecular flexibility index (Phi) is 4.78. The molecule has 2 heterocycles. The highest BCUT2D eigenvalue weighted by Gasteiger charge is 2.19. The number of hydrazine groups is 1. The van der Waals surface area contributed by atoms with Crippen LogP contribution in [0.1, 0.15) is 35.5 Å². The van der Waals surface area contributed by atoms with Crippen LogP contribution < -0.4 is 11.3 Å². The second-order valence-corrected chi connectivity index (χ2v) is 6.15. The molecule has 2 aromatic heterocycles. The molecule has 4 nitrogen and oxygen atoms in total. The highest BCUT2D eigenvalue weighted by Crippen LogP contribution is 2.29. The van der Waals surface area contributed by atoms with Crippen LogP contribution in [0.4, 0.5) is 0 Å². The lowest BCUT2D eigenvalue weighted by atomic mass is 10.0. The van der Waals surface area contributed by atoms with E-state index in [0.717, 1.165) is 23.0 Å². The van der Waals surface area contributed by atoms with Crippen LogP contribution >= 0.6 is 27.3 Å². The van der Waals surface area contributed by atoms with E-state index in [-0.39, 0.29) is 6.04 Å². The Morgan fingerprint density at radius 2 is 2.26 bits per heavy atom. The zero-order valence-corrected chi connectivity index (χ0v) is 13.8. The van der Waals surface area contributed by atoms with Crippen LogP contribution in [0.15, 0.2) is 15.2 Å². The number of nitrogens with two attached hydrogens (primary N) is 1. The second-order valence-electron chi connectivity index (χ2n) is 4.62. The highest BCUT2D eigenvalue weighted by molar-refractivity contribution is 9.10. The van der Waals surface area contributed by atoms with Crippen LogP contribution in [0.5, 0.6) is 0 Å². The minimum atomic E-state index is 0.114. The molecule has 6 heteroatoms. The first-order chi connectivity index (χ1) is 9.08. The number of hydrogen-bond acceptors (Lipinski definition) is 4. The summed E-state index contributed by atoms with van der Waals surface area (Å²) in [6, 6.07) is 0.114. The Labute approximate surface area is 126 Å². The van der Waals surface area contributed by atoms with Gasteiger partial charge in [-0.1, -0.05) is 6.92 Å². The van der Waals surface area contributed by atoms with Crippen LogP contribution in [0.2, 0.25) is 0 Å². The molecule has 3 N–H and O–H groups in total. The molecule has 0 fully saturated rings. The van der Waals surface area contributed by atoms with Gasteiger partial charge in [0.05, 0.1) is 21.9 Å². The summed E-state index contributed by atoms with van der Waals surface area (Å²) in [4.78, 5) is 0. The number of rotatable bonds is 5. The van der Waals surface area contributed by atoms with Gasteiger partial charge < -0.3 is 0 Å². The van der Waals surface area contributed by atoms with Gasteiger partial charge in [0.1, 0.15) is 0 Å². The van der Waals surface area contributed by atoms with Crippen molar-refractivity contribution in [3.05, 3.63) is 37.7 Å². The van der Waals surface area contributed by atoms with Gasteiger partial charge in [0, 0.05) is 13.5 Å². The smallest absolute Gasteiger partial charge is 0.0766 e. The van der Waals surface area contributed by atoms with E-state index in [4.69, 9.17) is 5.84 Å². The molecule has 0 spiro atoms. The topological polar surface area (TPSA) is 55.9 Å². The van der Waals surface area contributed by atoms with Crippen LogP contribution in [-0.2, 0) is 19.9 Å². The number of aryl methyl sites for hydroxylation is 3. The molecule has 0 aliphatic carbocycles. The van der Waals surface area contributed by atoms with E-state index in [1.165, 1.54) is 16.8 Å². The van der Waals surface area contributed by atoms with Gasteiger partial charge in [-0.15, -0.1) is 0 Å². The summed E-state index contributed by atoms with van der Waals surface area (Å²) in [6.07, 6.45) is 1.74. The van der Waals surface area contributed by atoms with E-state index < -0.39 is 0 Å². The van der Waals surface area contributed by atoms with Gasteiger partial charge in [0.15, 0.2) is 0 Å². The summed E-state index contributed by atoms with van der Waals surface area (Å²) in [5.41, 5.74) is 7.73. The Hall–Kier alpha value is -0.690. The molecule has 0 aromatic carbocycles. The monoisotopic (exact) mass is 342 g/mol. The molecule has 1 atom stereocenters.